The van der Waals surface area contributed by atoms with Crippen LogP contribution >= 0.6 is 0 Å². The summed E-state index contributed by atoms with van der Waals surface area (Å²) in [5, 5.41) is 0. The Kier molecular flexibility index (Phi) is 9.74. The SMILES string of the molecule is CCOCC(C)CS(=O)(=O)N(CCN(C)C)CC1CCCN1CC. The molecule has 1 aliphatic rings. The van der Waals surface area contributed by atoms with Crippen molar-refractivity contribution in [2.45, 2.75) is 39.7 Å². The van der Waals surface area contributed by atoms with Crippen molar-refractivity contribution in [3.05, 3.63) is 0 Å². The van der Waals surface area contributed by atoms with E-state index in [0.717, 1.165) is 26.1 Å². The molecule has 1 aliphatic heterocycles. The zero-order valence-electron chi connectivity index (χ0n) is 16.2. The van der Waals surface area contributed by atoms with Crippen LogP contribution in [0.1, 0.15) is 33.6 Å². The maximum atomic E-state index is 12.9. The first kappa shape index (κ1) is 21.8. The van der Waals surface area contributed by atoms with Gasteiger partial charge >= 0.3 is 0 Å². The zero-order chi connectivity index (χ0) is 18.2. The molecule has 6 nitrogen and oxygen atoms in total. The highest BCUT2D eigenvalue weighted by Crippen LogP contribution is 2.20. The van der Waals surface area contributed by atoms with Gasteiger partial charge in [-0.2, -0.15) is 4.31 Å². The normalized spacial score (nSPS) is 21.0. The van der Waals surface area contributed by atoms with Gasteiger partial charge in [0.05, 0.1) is 12.4 Å². The molecule has 0 N–H and O–H groups in total. The van der Waals surface area contributed by atoms with Crippen LogP contribution in [0.3, 0.4) is 0 Å². The van der Waals surface area contributed by atoms with Gasteiger partial charge in [-0.25, -0.2) is 8.42 Å². The number of sulfonamides is 1. The van der Waals surface area contributed by atoms with Gasteiger partial charge in [-0.3, -0.25) is 4.90 Å². The Bertz CT molecular complexity index is 442. The van der Waals surface area contributed by atoms with Crippen molar-refractivity contribution in [2.24, 2.45) is 5.92 Å². The first-order valence-corrected chi connectivity index (χ1v) is 10.8. The fourth-order valence-corrected chi connectivity index (χ4v) is 5.03. The van der Waals surface area contributed by atoms with Crippen LogP contribution in [0.15, 0.2) is 0 Å². The van der Waals surface area contributed by atoms with Crippen molar-refractivity contribution in [3.63, 3.8) is 0 Å². The fourth-order valence-electron chi connectivity index (χ4n) is 3.24. The Morgan fingerprint density at radius 2 is 1.96 bits per heavy atom. The molecule has 2 unspecified atom stereocenters. The molecule has 1 heterocycles. The fraction of sp³-hybridized carbons (Fsp3) is 1.00. The van der Waals surface area contributed by atoms with Crippen LogP contribution in [-0.4, -0.2) is 94.4 Å². The monoisotopic (exact) mass is 363 g/mol. The average molecular weight is 364 g/mol. The quantitative estimate of drug-likeness (QED) is 0.524. The van der Waals surface area contributed by atoms with E-state index < -0.39 is 10.0 Å². The molecule has 0 aromatic carbocycles. The highest BCUT2D eigenvalue weighted by Gasteiger charge is 2.31. The second-order valence-corrected chi connectivity index (χ2v) is 9.14. The van der Waals surface area contributed by atoms with Gasteiger partial charge in [-0.1, -0.05) is 13.8 Å². The summed E-state index contributed by atoms with van der Waals surface area (Å²) in [6.07, 6.45) is 2.26. The van der Waals surface area contributed by atoms with E-state index in [1.54, 1.807) is 4.31 Å². The van der Waals surface area contributed by atoms with E-state index in [-0.39, 0.29) is 11.7 Å². The molecular formula is C17H37N3O3S. The topological polar surface area (TPSA) is 53.1 Å². The van der Waals surface area contributed by atoms with E-state index in [1.165, 1.54) is 6.42 Å². The van der Waals surface area contributed by atoms with E-state index in [9.17, 15) is 8.42 Å². The van der Waals surface area contributed by atoms with Crippen LogP contribution in [0, 0.1) is 5.92 Å². The summed E-state index contributed by atoms with van der Waals surface area (Å²) in [4.78, 5) is 4.44. The molecule has 1 saturated heterocycles. The summed E-state index contributed by atoms with van der Waals surface area (Å²) in [6, 6.07) is 0.356. The number of hydrogen-bond donors (Lipinski definition) is 0. The Morgan fingerprint density at radius 3 is 2.54 bits per heavy atom. The molecule has 7 heteroatoms. The van der Waals surface area contributed by atoms with E-state index in [2.05, 4.69) is 11.8 Å². The standard InChI is InChI=1S/C17H37N3O3S/c1-6-19-10-8-9-17(19)13-20(12-11-18(4)5)24(21,22)15-16(3)14-23-7-2/h16-17H,6-15H2,1-5H3. The van der Waals surface area contributed by atoms with Crippen molar-refractivity contribution in [1.82, 2.24) is 14.1 Å². The second kappa shape index (κ2) is 10.7. The van der Waals surface area contributed by atoms with E-state index in [0.29, 0.717) is 32.3 Å². The summed E-state index contributed by atoms with van der Waals surface area (Å²) >= 11 is 0. The second-order valence-electron chi connectivity index (χ2n) is 7.13. The lowest BCUT2D eigenvalue weighted by atomic mass is 10.2. The minimum atomic E-state index is -3.27. The van der Waals surface area contributed by atoms with Gasteiger partial charge in [0, 0.05) is 32.3 Å². The third-order valence-corrected chi connectivity index (χ3v) is 6.72. The molecule has 0 spiro atoms. The molecule has 0 saturated carbocycles. The van der Waals surface area contributed by atoms with Gasteiger partial charge in [0.1, 0.15) is 0 Å². The van der Waals surface area contributed by atoms with Crippen molar-refractivity contribution in [3.8, 4) is 0 Å². The smallest absolute Gasteiger partial charge is 0.214 e. The first-order valence-electron chi connectivity index (χ1n) is 9.24. The third-order valence-electron chi connectivity index (χ3n) is 4.61. The molecule has 0 aromatic heterocycles. The van der Waals surface area contributed by atoms with Gasteiger partial charge in [0.25, 0.3) is 0 Å². The maximum absolute atomic E-state index is 12.9. The summed E-state index contributed by atoms with van der Waals surface area (Å²) < 4.78 is 33.0. The Hall–Kier alpha value is -0.210. The number of nitrogens with zero attached hydrogens (tertiary/aromatic N) is 3. The lowest BCUT2D eigenvalue weighted by Crippen LogP contribution is -2.46. The minimum absolute atomic E-state index is 0.0164. The summed E-state index contributed by atoms with van der Waals surface area (Å²) in [6.45, 7) is 11.2. The highest BCUT2D eigenvalue weighted by atomic mass is 32.2. The van der Waals surface area contributed by atoms with Crippen molar-refractivity contribution < 1.29 is 13.2 Å². The van der Waals surface area contributed by atoms with Gasteiger partial charge in [0.2, 0.25) is 10.0 Å². The Morgan fingerprint density at radius 1 is 1.25 bits per heavy atom. The van der Waals surface area contributed by atoms with Crippen LogP contribution in [0.4, 0.5) is 0 Å². The molecule has 0 radical (unpaired) electrons. The lowest BCUT2D eigenvalue weighted by Gasteiger charge is -2.31. The van der Waals surface area contributed by atoms with Gasteiger partial charge < -0.3 is 9.64 Å². The molecule has 0 amide bonds. The van der Waals surface area contributed by atoms with Crippen LogP contribution in [0.25, 0.3) is 0 Å². The summed E-state index contributed by atoms with van der Waals surface area (Å²) in [7, 11) is 0.698. The highest BCUT2D eigenvalue weighted by molar-refractivity contribution is 7.89. The van der Waals surface area contributed by atoms with Gasteiger partial charge in [-0.15, -0.1) is 0 Å². The summed E-state index contributed by atoms with van der Waals surface area (Å²) in [5.74, 6) is 0.182. The van der Waals surface area contributed by atoms with Crippen molar-refractivity contribution in [1.29, 1.82) is 0 Å². The number of likely N-dealkylation sites (N-methyl/N-ethyl adjacent to an activating group) is 2. The van der Waals surface area contributed by atoms with Crippen LogP contribution in [-0.2, 0) is 14.8 Å². The first-order chi connectivity index (χ1) is 11.3. The summed E-state index contributed by atoms with van der Waals surface area (Å²) in [5.41, 5.74) is 0. The predicted molar refractivity (Wildman–Crippen MR) is 99.8 cm³/mol. The predicted octanol–water partition coefficient (Wildman–Crippen LogP) is 1.34. The molecule has 144 valence electrons. The molecule has 1 fully saturated rings. The molecular weight excluding hydrogens is 326 g/mol. The van der Waals surface area contributed by atoms with E-state index in [4.69, 9.17) is 4.74 Å². The number of hydrogen-bond acceptors (Lipinski definition) is 5. The van der Waals surface area contributed by atoms with E-state index in [1.807, 2.05) is 32.8 Å². The Labute approximate surface area is 149 Å². The lowest BCUT2D eigenvalue weighted by molar-refractivity contribution is 0.122. The molecule has 24 heavy (non-hydrogen) atoms. The molecule has 0 bridgehead atoms. The zero-order valence-corrected chi connectivity index (χ0v) is 17.0. The Balaban J connectivity index is 2.75. The van der Waals surface area contributed by atoms with Crippen LogP contribution < -0.4 is 0 Å². The van der Waals surface area contributed by atoms with Crippen molar-refractivity contribution >= 4 is 10.0 Å². The van der Waals surface area contributed by atoms with Crippen LogP contribution in [0.5, 0.6) is 0 Å². The van der Waals surface area contributed by atoms with Gasteiger partial charge in [0.15, 0.2) is 0 Å². The largest absolute Gasteiger partial charge is 0.381 e. The maximum Gasteiger partial charge on any atom is 0.214 e. The average Bonchev–Trinajstić information content (AvgIpc) is 2.95. The van der Waals surface area contributed by atoms with E-state index >= 15 is 0 Å². The third kappa shape index (κ3) is 7.35. The van der Waals surface area contributed by atoms with Crippen LogP contribution in [0.2, 0.25) is 0 Å². The minimum Gasteiger partial charge on any atom is -0.381 e. The molecule has 0 aromatic rings. The molecule has 1 rings (SSSR count). The molecule has 2 atom stereocenters. The number of ether oxygens (including phenoxy) is 1. The number of rotatable bonds is 12. The van der Waals surface area contributed by atoms with Crippen molar-refractivity contribution in [2.75, 3.05) is 65.8 Å². The van der Waals surface area contributed by atoms with Gasteiger partial charge in [-0.05, 0) is 52.9 Å². The molecule has 0 aliphatic carbocycles. The number of likely N-dealkylation sites (tertiary alicyclic amines) is 1.